The number of amides is 1. The van der Waals surface area contributed by atoms with E-state index in [9.17, 15) is 4.79 Å². The van der Waals surface area contributed by atoms with Gasteiger partial charge >= 0.3 is 0 Å². The molecule has 2 aromatic carbocycles. The Labute approximate surface area is 141 Å². The summed E-state index contributed by atoms with van der Waals surface area (Å²) in [6.07, 6.45) is -0.230. The van der Waals surface area contributed by atoms with Gasteiger partial charge in [0.2, 0.25) is 0 Å². The molecule has 3 rings (SSSR count). The van der Waals surface area contributed by atoms with Crippen LogP contribution < -0.4 is 19.5 Å². The highest BCUT2D eigenvalue weighted by molar-refractivity contribution is 5.94. The number of fused-ring (bicyclic) bond motifs is 1. The molecule has 0 unspecified atom stereocenters. The van der Waals surface area contributed by atoms with Gasteiger partial charge in [0.15, 0.2) is 17.6 Å². The lowest BCUT2D eigenvalue weighted by molar-refractivity contribution is 0.0606. The third-order valence-corrected chi connectivity index (χ3v) is 3.87. The minimum atomic E-state index is -0.230. The van der Waals surface area contributed by atoms with Gasteiger partial charge in [-0.25, -0.2) is 0 Å². The van der Waals surface area contributed by atoms with Crippen LogP contribution in [0.3, 0.4) is 0 Å². The minimum absolute atomic E-state index is 0.145. The summed E-state index contributed by atoms with van der Waals surface area (Å²) in [5, 5.41) is 2.96. The fourth-order valence-corrected chi connectivity index (χ4v) is 2.53. The maximum Gasteiger partial charge on any atom is 0.251 e. The maximum absolute atomic E-state index is 12.4. The van der Waals surface area contributed by atoms with Crippen molar-refractivity contribution >= 4 is 5.91 Å². The van der Waals surface area contributed by atoms with E-state index in [0.29, 0.717) is 24.5 Å². The van der Waals surface area contributed by atoms with Crippen LogP contribution in [0.4, 0.5) is 0 Å². The van der Waals surface area contributed by atoms with E-state index in [-0.39, 0.29) is 18.1 Å². The molecule has 0 fully saturated rings. The summed E-state index contributed by atoms with van der Waals surface area (Å²) in [7, 11) is 0. The van der Waals surface area contributed by atoms with Crippen molar-refractivity contribution in [2.75, 3.05) is 13.2 Å². The maximum atomic E-state index is 12.4. The predicted octanol–water partition coefficient (Wildman–Crippen LogP) is 3.04. The summed E-state index contributed by atoms with van der Waals surface area (Å²) in [6.45, 7) is 4.84. The molecule has 0 saturated carbocycles. The molecule has 2 aromatic rings. The molecule has 0 radical (unpaired) electrons. The van der Waals surface area contributed by atoms with E-state index >= 15 is 0 Å². The average molecular weight is 327 g/mol. The highest BCUT2D eigenvalue weighted by Crippen LogP contribution is 2.31. The monoisotopic (exact) mass is 327 g/mol. The molecule has 126 valence electrons. The van der Waals surface area contributed by atoms with Gasteiger partial charge < -0.3 is 19.5 Å². The number of hydrogen-bond donors (Lipinski definition) is 1. The summed E-state index contributed by atoms with van der Waals surface area (Å²) < 4.78 is 17.0. The van der Waals surface area contributed by atoms with E-state index in [1.165, 1.54) is 0 Å². The first-order chi connectivity index (χ1) is 11.7. The highest BCUT2D eigenvalue weighted by Gasteiger charge is 2.27. The smallest absolute Gasteiger partial charge is 0.251 e. The standard InChI is InChI=1S/C19H21NO4/c1-3-22-15-10-8-14(9-11-15)19(21)20-13(2)18-12-23-16-6-4-5-7-17(16)24-18/h4-11,13,18H,3,12H2,1-2H3,(H,20,21)/t13-,18+/m0/s1. The van der Waals surface area contributed by atoms with Crippen molar-refractivity contribution in [1.82, 2.24) is 5.32 Å². The lowest BCUT2D eigenvalue weighted by Gasteiger charge is -2.30. The number of para-hydroxylation sites is 2. The second-order valence-electron chi connectivity index (χ2n) is 5.63. The normalized spacial score (nSPS) is 17.0. The van der Waals surface area contributed by atoms with Crippen molar-refractivity contribution in [3.8, 4) is 17.2 Å². The van der Waals surface area contributed by atoms with Crippen LogP contribution in [-0.4, -0.2) is 31.3 Å². The molecule has 0 spiro atoms. The molecule has 1 aliphatic heterocycles. The number of carbonyl (C=O) groups is 1. The Morgan fingerprint density at radius 1 is 1.21 bits per heavy atom. The van der Waals surface area contributed by atoms with Gasteiger partial charge in [-0.3, -0.25) is 4.79 Å². The van der Waals surface area contributed by atoms with Crippen molar-refractivity contribution in [3.63, 3.8) is 0 Å². The van der Waals surface area contributed by atoms with Crippen LogP contribution in [0, 0.1) is 0 Å². The van der Waals surface area contributed by atoms with Gasteiger partial charge in [0.25, 0.3) is 5.91 Å². The van der Waals surface area contributed by atoms with Crippen molar-refractivity contribution < 1.29 is 19.0 Å². The van der Waals surface area contributed by atoms with Gasteiger partial charge in [-0.15, -0.1) is 0 Å². The fraction of sp³-hybridized carbons (Fsp3) is 0.316. The number of ether oxygens (including phenoxy) is 3. The largest absolute Gasteiger partial charge is 0.494 e. The zero-order valence-electron chi connectivity index (χ0n) is 13.8. The zero-order valence-corrected chi connectivity index (χ0v) is 13.8. The SMILES string of the molecule is CCOc1ccc(C(=O)N[C@@H](C)[C@H]2COc3ccccc3O2)cc1. The van der Waals surface area contributed by atoms with E-state index in [4.69, 9.17) is 14.2 Å². The number of hydrogen-bond acceptors (Lipinski definition) is 4. The molecule has 1 amide bonds. The summed E-state index contributed by atoms with van der Waals surface area (Å²) in [6, 6.07) is 14.4. The molecule has 0 saturated heterocycles. The van der Waals surface area contributed by atoms with E-state index < -0.39 is 0 Å². The van der Waals surface area contributed by atoms with Gasteiger partial charge in [0.05, 0.1) is 12.6 Å². The van der Waals surface area contributed by atoms with E-state index in [0.717, 1.165) is 11.5 Å². The molecule has 1 N–H and O–H groups in total. The molecule has 1 heterocycles. The molecular formula is C19H21NO4. The minimum Gasteiger partial charge on any atom is -0.494 e. The average Bonchev–Trinajstić information content (AvgIpc) is 2.62. The lowest BCUT2D eigenvalue weighted by atomic mass is 10.1. The van der Waals surface area contributed by atoms with Crippen LogP contribution in [0.15, 0.2) is 48.5 Å². The van der Waals surface area contributed by atoms with Crippen molar-refractivity contribution in [1.29, 1.82) is 0 Å². The molecule has 0 aliphatic carbocycles. The fourth-order valence-electron chi connectivity index (χ4n) is 2.53. The number of benzene rings is 2. The van der Waals surface area contributed by atoms with Gasteiger partial charge in [0.1, 0.15) is 12.4 Å². The van der Waals surface area contributed by atoms with Crippen LogP contribution in [0.1, 0.15) is 24.2 Å². The van der Waals surface area contributed by atoms with Crippen LogP contribution in [0.2, 0.25) is 0 Å². The Bertz CT molecular complexity index is 699. The Morgan fingerprint density at radius 2 is 1.92 bits per heavy atom. The quantitative estimate of drug-likeness (QED) is 0.917. The Morgan fingerprint density at radius 3 is 2.62 bits per heavy atom. The zero-order chi connectivity index (χ0) is 16.9. The summed E-state index contributed by atoms with van der Waals surface area (Å²) in [5.41, 5.74) is 0.586. The second kappa shape index (κ2) is 7.25. The van der Waals surface area contributed by atoms with Gasteiger partial charge in [-0.2, -0.15) is 0 Å². The second-order valence-corrected chi connectivity index (χ2v) is 5.63. The molecule has 24 heavy (non-hydrogen) atoms. The van der Waals surface area contributed by atoms with E-state index in [2.05, 4.69) is 5.32 Å². The Hall–Kier alpha value is -2.69. The number of rotatable bonds is 5. The molecule has 0 bridgehead atoms. The van der Waals surface area contributed by atoms with Crippen LogP contribution in [-0.2, 0) is 0 Å². The van der Waals surface area contributed by atoms with Crippen LogP contribution >= 0.6 is 0 Å². The summed E-state index contributed by atoms with van der Waals surface area (Å²) in [5.74, 6) is 2.05. The van der Waals surface area contributed by atoms with Crippen molar-refractivity contribution in [2.45, 2.75) is 26.0 Å². The molecule has 0 aromatic heterocycles. The topological polar surface area (TPSA) is 56.8 Å². The molecule has 1 aliphatic rings. The van der Waals surface area contributed by atoms with Crippen molar-refractivity contribution in [2.24, 2.45) is 0 Å². The van der Waals surface area contributed by atoms with Gasteiger partial charge in [0, 0.05) is 5.56 Å². The molecular weight excluding hydrogens is 306 g/mol. The van der Waals surface area contributed by atoms with E-state index in [1.54, 1.807) is 24.3 Å². The first-order valence-corrected chi connectivity index (χ1v) is 8.09. The highest BCUT2D eigenvalue weighted by atomic mass is 16.6. The summed E-state index contributed by atoms with van der Waals surface area (Å²) >= 11 is 0. The van der Waals surface area contributed by atoms with E-state index in [1.807, 2.05) is 38.1 Å². The number of nitrogens with one attached hydrogen (secondary N) is 1. The third-order valence-electron chi connectivity index (χ3n) is 3.87. The first kappa shape index (κ1) is 16.2. The molecule has 5 nitrogen and oxygen atoms in total. The van der Waals surface area contributed by atoms with Crippen molar-refractivity contribution in [3.05, 3.63) is 54.1 Å². The van der Waals surface area contributed by atoms with Gasteiger partial charge in [-0.1, -0.05) is 12.1 Å². The predicted molar refractivity (Wildman–Crippen MR) is 90.9 cm³/mol. The Balaban J connectivity index is 1.60. The van der Waals surface area contributed by atoms with Gasteiger partial charge in [-0.05, 0) is 50.2 Å². The summed E-state index contributed by atoms with van der Waals surface area (Å²) in [4.78, 5) is 12.4. The first-order valence-electron chi connectivity index (χ1n) is 8.09. The Kier molecular flexibility index (Phi) is 4.89. The number of carbonyl (C=O) groups excluding carboxylic acids is 1. The molecule has 5 heteroatoms. The van der Waals surface area contributed by atoms with Crippen LogP contribution in [0.25, 0.3) is 0 Å². The lowest BCUT2D eigenvalue weighted by Crippen LogP contribution is -2.48. The third kappa shape index (κ3) is 3.62. The molecule has 2 atom stereocenters. The van der Waals surface area contributed by atoms with Crippen LogP contribution in [0.5, 0.6) is 17.2 Å².